The molecular weight excluding hydrogens is 356 g/mol. The highest BCUT2D eigenvalue weighted by atomic mass is 79.9. The number of piperidine rings is 1. The van der Waals surface area contributed by atoms with E-state index in [1.807, 2.05) is 24.3 Å². The Morgan fingerprint density at radius 1 is 1.30 bits per heavy atom. The van der Waals surface area contributed by atoms with Gasteiger partial charge in [0.15, 0.2) is 0 Å². The summed E-state index contributed by atoms with van der Waals surface area (Å²) < 4.78 is 0.918. The molecule has 1 aromatic carbocycles. The second kappa shape index (κ2) is 7.08. The molecule has 1 aromatic heterocycles. The topological polar surface area (TPSA) is 58.1 Å². The van der Waals surface area contributed by atoms with E-state index in [1.54, 1.807) is 12.3 Å². The maximum atomic E-state index is 12.4. The van der Waals surface area contributed by atoms with Crippen molar-refractivity contribution in [1.82, 2.24) is 9.97 Å². The quantitative estimate of drug-likeness (QED) is 0.888. The number of anilines is 2. The number of aromatic nitrogens is 2. The number of carbonyl (C=O) groups excluding carboxylic acids is 1. The van der Waals surface area contributed by atoms with Gasteiger partial charge in [0.1, 0.15) is 5.69 Å². The van der Waals surface area contributed by atoms with Crippen molar-refractivity contribution in [2.24, 2.45) is 5.92 Å². The van der Waals surface area contributed by atoms with Gasteiger partial charge >= 0.3 is 0 Å². The summed E-state index contributed by atoms with van der Waals surface area (Å²) in [6.07, 6.45) is 3.92. The molecule has 0 saturated carbocycles. The lowest BCUT2D eigenvalue weighted by atomic mass is 10.00. The van der Waals surface area contributed by atoms with E-state index in [4.69, 9.17) is 0 Å². The smallest absolute Gasteiger partial charge is 0.274 e. The molecule has 1 fully saturated rings. The molecule has 6 heteroatoms. The van der Waals surface area contributed by atoms with Gasteiger partial charge < -0.3 is 10.2 Å². The zero-order chi connectivity index (χ0) is 16.2. The molecule has 1 aliphatic rings. The molecule has 0 atom stereocenters. The summed E-state index contributed by atoms with van der Waals surface area (Å²) in [5, 5.41) is 2.86. The minimum Gasteiger partial charge on any atom is -0.341 e. The predicted octanol–water partition coefficient (Wildman–Crippen LogP) is 3.73. The van der Waals surface area contributed by atoms with Gasteiger partial charge in [-0.2, -0.15) is 0 Å². The minimum atomic E-state index is -0.225. The zero-order valence-electron chi connectivity index (χ0n) is 13.0. The van der Waals surface area contributed by atoms with Crippen LogP contribution in [0.3, 0.4) is 0 Å². The largest absolute Gasteiger partial charge is 0.341 e. The molecule has 3 rings (SSSR count). The number of hydrogen-bond donors (Lipinski definition) is 1. The third-order valence-corrected chi connectivity index (χ3v) is 4.52. The Hall–Kier alpha value is -1.95. The van der Waals surface area contributed by atoms with Crippen molar-refractivity contribution in [3.63, 3.8) is 0 Å². The van der Waals surface area contributed by atoms with Crippen LogP contribution in [-0.4, -0.2) is 29.0 Å². The van der Waals surface area contributed by atoms with Gasteiger partial charge in [-0.05, 0) is 43.0 Å². The Labute approximate surface area is 144 Å². The van der Waals surface area contributed by atoms with E-state index in [2.05, 4.69) is 43.0 Å². The molecule has 0 unspecified atom stereocenters. The summed E-state index contributed by atoms with van der Waals surface area (Å²) in [7, 11) is 0. The first-order valence-corrected chi connectivity index (χ1v) is 8.56. The maximum Gasteiger partial charge on any atom is 0.274 e. The van der Waals surface area contributed by atoms with Crippen LogP contribution in [0.5, 0.6) is 0 Å². The van der Waals surface area contributed by atoms with Crippen LogP contribution >= 0.6 is 15.9 Å². The number of benzene rings is 1. The Morgan fingerprint density at radius 3 is 2.83 bits per heavy atom. The number of rotatable bonds is 3. The molecule has 120 valence electrons. The van der Waals surface area contributed by atoms with E-state index >= 15 is 0 Å². The Morgan fingerprint density at radius 2 is 2.09 bits per heavy atom. The highest BCUT2D eigenvalue weighted by molar-refractivity contribution is 9.10. The molecule has 1 saturated heterocycles. The van der Waals surface area contributed by atoms with Crippen molar-refractivity contribution >= 4 is 33.5 Å². The first kappa shape index (κ1) is 15.9. The lowest BCUT2D eigenvalue weighted by molar-refractivity contribution is 0.102. The number of hydrogen-bond acceptors (Lipinski definition) is 4. The van der Waals surface area contributed by atoms with E-state index in [0.29, 0.717) is 11.6 Å². The fourth-order valence-corrected chi connectivity index (χ4v) is 3.00. The van der Waals surface area contributed by atoms with Crippen LogP contribution in [-0.2, 0) is 0 Å². The van der Waals surface area contributed by atoms with Crippen molar-refractivity contribution in [2.75, 3.05) is 23.3 Å². The molecule has 5 nitrogen and oxygen atoms in total. The van der Waals surface area contributed by atoms with Gasteiger partial charge in [0.2, 0.25) is 5.95 Å². The van der Waals surface area contributed by atoms with Gasteiger partial charge in [-0.1, -0.05) is 28.9 Å². The summed E-state index contributed by atoms with van der Waals surface area (Å²) in [4.78, 5) is 23.3. The number of halogens is 1. The van der Waals surface area contributed by atoms with Crippen molar-refractivity contribution in [1.29, 1.82) is 0 Å². The van der Waals surface area contributed by atoms with E-state index in [0.717, 1.165) is 42.0 Å². The molecule has 23 heavy (non-hydrogen) atoms. The second-order valence-corrected chi connectivity index (χ2v) is 6.79. The fraction of sp³-hybridized carbons (Fsp3) is 0.353. The normalized spacial score (nSPS) is 15.5. The van der Waals surface area contributed by atoms with Gasteiger partial charge in [-0.15, -0.1) is 0 Å². The molecule has 2 heterocycles. The highest BCUT2D eigenvalue weighted by Crippen LogP contribution is 2.20. The minimum absolute atomic E-state index is 0.225. The van der Waals surface area contributed by atoms with E-state index in [-0.39, 0.29) is 5.91 Å². The van der Waals surface area contributed by atoms with Crippen molar-refractivity contribution < 1.29 is 4.79 Å². The van der Waals surface area contributed by atoms with Crippen LogP contribution in [0.2, 0.25) is 0 Å². The monoisotopic (exact) mass is 374 g/mol. The maximum absolute atomic E-state index is 12.4. The Balaban J connectivity index is 1.72. The third kappa shape index (κ3) is 4.07. The molecular formula is C17H19BrN4O. The van der Waals surface area contributed by atoms with Crippen LogP contribution in [0, 0.1) is 5.92 Å². The van der Waals surface area contributed by atoms with Crippen LogP contribution in [0.25, 0.3) is 0 Å². The standard InChI is InChI=1S/C17H19BrN4O/c1-12-6-9-22(10-7-12)17-19-8-5-15(21-17)16(23)20-14-4-2-3-13(18)11-14/h2-5,8,11-12H,6-7,9-10H2,1H3,(H,20,23). The SMILES string of the molecule is CC1CCN(c2nccc(C(=O)Nc3cccc(Br)c3)n2)CC1. The van der Waals surface area contributed by atoms with Crippen LogP contribution in [0.1, 0.15) is 30.3 Å². The molecule has 2 aromatic rings. The van der Waals surface area contributed by atoms with E-state index < -0.39 is 0 Å². The molecule has 1 N–H and O–H groups in total. The van der Waals surface area contributed by atoms with Gasteiger partial charge in [0.25, 0.3) is 5.91 Å². The second-order valence-electron chi connectivity index (χ2n) is 5.88. The van der Waals surface area contributed by atoms with Crippen LogP contribution in [0.4, 0.5) is 11.6 Å². The average molecular weight is 375 g/mol. The number of nitrogens with one attached hydrogen (secondary N) is 1. The summed E-state index contributed by atoms with van der Waals surface area (Å²) in [6, 6.07) is 9.13. The average Bonchev–Trinajstić information content (AvgIpc) is 2.56. The van der Waals surface area contributed by atoms with Gasteiger partial charge in [0.05, 0.1) is 0 Å². The van der Waals surface area contributed by atoms with Gasteiger partial charge in [-0.25, -0.2) is 9.97 Å². The lowest BCUT2D eigenvalue weighted by Crippen LogP contribution is -2.34. The van der Waals surface area contributed by atoms with Crippen molar-refractivity contribution in [2.45, 2.75) is 19.8 Å². The molecule has 0 radical (unpaired) electrons. The zero-order valence-corrected chi connectivity index (χ0v) is 14.6. The summed E-state index contributed by atoms with van der Waals surface area (Å²) >= 11 is 3.39. The first-order chi connectivity index (χ1) is 11.1. The molecule has 1 aliphatic heterocycles. The molecule has 0 aliphatic carbocycles. The van der Waals surface area contributed by atoms with Crippen LogP contribution in [0.15, 0.2) is 41.0 Å². The molecule has 0 bridgehead atoms. The molecule has 1 amide bonds. The summed E-state index contributed by atoms with van der Waals surface area (Å²) in [5.74, 6) is 1.16. The van der Waals surface area contributed by atoms with Gasteiger partial charge in [-0.3, -0.25) is 4.79 Å². The predicted molar refractivity (Wildman–Crippen MR) is 94.7 cm³/mol. The Kier molecular flexibility index (Phi) is 4.91. The number of carbonyl (C=O) groups is 1. The number of amides is 1. The number of nitrogens with zero attached hydrogens (tertiary/aromatic N) is 3. The Bertz CT molecular complexity index is 698. The molecule has 0 spiro atoms. The lowest BCUT2D eigenvalue weighted by Gasteiger charge is -2.30. The van der Waals surface area contributed by atoms with E-state index in [9.17, 15) is 4.79 Å². The van der Waals surface area contributed by atoms with Crippen molar-refractivity contribution in [3.05, 3.63) is 46.7 Å². The summed E-state index contributed by atoms with van der Waals surface area (Å²) in [6.45, 7) is 4.15. The third-order valence-electron chi connectivity index (χ3n) is 4.02. The van der Waals surface area contributed by atoms with E-state index in [1.165, 1.54) is 0 Å². The highest BCUT2D eigenvalue weighted by Gasteiger charge is 2.19. The fourth-order valence-electron chi connectivity index (χ4n) is 2.60. The van der Waals surface area contributed by atoms with Gasteiger partial charge in [0, 0.05) is 29.4 Å². The first-order valence-electron chi connectivity index (χ1n) is 7.77. The summed E-state index contributed by atoms with van der Waals surface area (Å²) in [5.41, 5.74) is 1.12. The van der Waals surface area contributed by atoms with Crippen LogP contribution < -0.4 is 10.2 Å². The van der Waals surface area contributed by atoms with Crippen molar-refractivity contribution in [3.8, 4) is 0 Å².